The van der Waals surface area contributed by atoms with E-state index in [1.807, 2.05) is 0 Å². The number of aliphatic hydroxyl groups is 1. The molecule has 1 aliphatic heterocycles. The minimum absolute atomic E-state index is 0.0107. The van der Waals surface area contributed by atoms with Gasteiger partial charge in [-0.3, -0.25) is 0 Å². The van der Waals surface area contributed by atoms with Crippen molar-refractivity contribution in [3.8, 4) is 0 Å². The quantitative estimate of drug-likeness (QED) is 0.538. The van der Waals surface area contributed by atoms with E-state index in [2.05, 4.69) is 5.32 Å². The maximum Gasteiger partial charge on any atom is 0.317 e. The van der Waals surface area contributed by atoms with E-state index in [-0.39, 0.29) is 19.1 Å². The van der Waals surface area contributed by atoms with E-state index in [1.165, 1.54) is 11.9 Å². The Morgan fingerprint density at radius 3 is 2.73 bits per heavy atom. The number of nitrogens with zero attached hydrogens (tertiary/aromatic N) is 1. The Hall–Kier alpha value is -0.840. The highest BCUT2D eigenvalue weighted by molar-refractivity contribution is 5.75. The minimum Gasteiger partial charge on any atom is -0.393 e. The van der Waals surface area contributed by atoms with E-state index >= 15 is 0 Å². The number of hydrogen-bond donors (Lipinski definition) is 2. The van der Waals surface area contributed by atoms with Crippen LogP contribution in [0.1, 0.15) is 0 Å². The van der Waals surface area contributed by atoms with Crippen LogP contribution in [0.25, 0.3) is 0 Å². The van der Waals surface area contributed by atoms with Crippen molar-refractivity contribution in [3.63, 3.8) is 0 Å². The van der Waals surface area contributed by atoms with Crippen LogP contribution >= 0.6 is 0 Å². The van der Waals surface area contributed by atoms with Gasteiger partial charge in [0.05, 0.1) is 19.7 Å². The van der Waals surface area contributed by atoms with Crippen molar-refractivity contribution in [2.45, 2.75) is 5.67 Å². The molecular formula is C6H11FN2O2. The molecule has 0 aromatic heterocycles. The second-order valence-electron chi connectivity index (χ2n) is 2.72. The molecule has 0 atom stereocenters. The highest BCUT2D eigenvalue weighted by Gasteiger charge is 2.45. The Morgan fingerprint density at radius 1 is 1.82 bits per heavy atom. The Balaban J connectivity index is 2.34. The van der Waals surface area contributed by atoms with Crippen LogP contribution in [0.3, 0.4) is 0 Å². The van der Waals surface area contributed by atoms with Gasteiger partial charge in [-0.25, -0.2) is 9.18 Å². The topological polar surface area (TPSA) is 52.6 Å². The summed E-state index contributed by atoms with van der Waals surface area (Å²) in [5.41, 5.74) is -1.56. The lowest BCUT2D eigenvalue weighted by Crippen LogP contribution is -2.64. The van der Waals surface area contributed by atoms with E-state index in [9.17, 15) is 9.18 Å². The fourth-order valence-corrected chi connectivity index (χ4v) is 1.04. The molecule has 0 radical (unpaired) electrons. The van der Waals surface area contributed by atoms with Crippen molar-refractivity contribution < 1.29 is 14.3 Å². The zero-order valence-corrected chi connectivity index (χ0v) is 6.30. The smallest absolute Gasteiger partial charge is 0.317 e. The van der Waals surface area contributed by atoms with Gasteiger partial charge in [0.1, 0.15) is 0 Å². The summed E-state index contributed by atoms with van der Waals surface area (Å²) in [5, 5.41) is 10.9. The van der Waals surface area contributed by atoms with Gasteiger partial charge in [-0.05, 0) is 0 Å². The number of hydrogen-bond acceptors (Lipinski definition) is 2. The normalized spacial score (nSPS) is 20.8. The van der Waals surface area contributed by atoms with E-state index < -0.39 is 12.3 Å². The SMILES string of the molecule is CNC(=O)N1CC(F)(CO)C1. The van der Waals surface area contributed by atoms with Crippen LogP contribution in [0.2, 0.25) is 0 Å². The number of rotatable bonds is 1. The van der Waals surface area contributed by atoms with Crippen LogP contribution in [0, 0.1) is 0 Å². The number of aliphatic hydroxyl groups excluding tert-OH is 1. The largest absolute Gasteiger partial charge is 0.393 e. The first-order valence-corrected chi connectivity index (χ1v) is 3.38. The van der Waals surface area contributed by atoms with Crippen LogP contribution in [0.5, 0.6) is 0 Å². The second kappa shape index (κ2) is 2.65. The summed E-state index contributed by atoms with van der Waals surface area (Å²) in [4.78, 5) is 12.1. The van der Waals surface area contributed by atoms with Crippen LogP contribution in [-0.2, 0) is 0 Å². The number of carbonyl (C=O) groups is 1. The van der Waals surface area contributed by atoms with E-state index in [0.717, 1.165) is 0 Å². The molecule has 11 heavy (non-hydrogen) atoms. The maximum atomic E-state index is 12.9. The van der Waals surface area contributed by atoms with Crippen molar-refractivity contribution in [2.24, 2.45) is 0 Å². The molecule has 1 saturated heterocycles. The molecule has 1 heterocycles. The molecule has 0 spiro atoms. The van der Waals surface area contributed by atoms with Gasteiger partial charge in [-0.1, -0.05) is 0 Å². The standard InChI is InChI=1S/C6H11FN2O2/c1-8-5(11)9-2-6(7,3-9)4-10/h10H,2-4H2,1H3,(H,8,11). The molecule has 0 aromatic rings. The molecule has 1 fully saturated rings. The Labute approximate surface area is 64.0 Å². The molecular weight excluding hydrogens is 151 g/mol. The predicted octanol–water partition coefficient (Wildman–Crippen LogP) is -0.658. The Kier molecular flexibility index (Phi) is 1.99. The number of carbonyl (C=O) groups excluding carboxylic acids is 1. The van der Waals surface area contributed by atoms with E-state index in [4.69, 9.17) is 5.11 Å². The summed E-state index contributed by atoms with van der Waals surface area (Å²) in [7, 11) is 1.49. The number of urea groups is 1. The van der Waals surface area contributed by atoms with Crippen molar-refractivity contribution in [2.75, 3.05) is 26.7 Å². The zero-order chi connectivity index (χ0) is 8.48. The van der Waals surface area contributed by atoms with Crippen LogP contribution in [0.4, 0.5) is 9.18 Å². The maximum absolute atomic E-state index is 12.9. The summed E-state index contributed by atoms with van der Waals surface area (Å²) in [6, 6.07) is -0.299. The van der Waals surface area contributed by atoms with Gasteiger partial charge in [0.25, 0.3) is 0 Å². The number of amides is 2. The fraction of sp³-hybridized carbons (Fsp3) is 0.833. The van der Waals surface area contributed by atoms with Gasteiger partial charge in [-0.2, -0.15) is 0 Å². The van der Waals surface area contributed by atoms with Gasteiger partial charge in [0.2, 0.25) is 0 Å². The molecule has 1 rings (SSSR count). The van der Waals surface area contributed by atoms with Crippen LogP contribution in [0.15, 0.2) is 0 Å². The predicted molar refractivity (Wildman–Crippen MR) is 37.0 cm³/mol. The van der Waals surface area contributed by atoms with Crippen molar-refractivity contribution in [1.82, 2.24) is 10.2 Å². The molecule has 0 saturated carbocycles. The third kappa shape index (κ3) is 1.42. The summed E-state index contributed by atoms with van der Waals surface area (Å²) in [6.07, 6.45) is 0. The highest BCUT2D eigenvalue weighted by atomic mass is 19.1. The first-order chi connectivity index (χ1) is 5.11. The Bertz CT molecular complexity index is 168. The lowest BCUT2D eigenvalue weighted by molar-refractivity contribution is -0.0437. The van der Waals surface area contributed by atoms with Gasteiger partial charge in [-0.15, -0.1) is 0 Å². The van der Waals surface area contributed by atoms with Crippen LogP contribution < -0.4 is 5.32 Å². The number of alkyl halides is 1. The van der Waals surface area contributed by atoms with E-state index in [1.54, 1.807) is 0 Å². The molecule has 64 valence electrons. The van der Waals surface area contributed by atoms with Crippen molar-refractivity contribution >= 4 is 6.03 Å². The molecule has 0 aromatic carbocycles. The lowest BCUT2D eigenvalue weighted by atomic mass is 9.98. The average Bonchev–Trinajstić information content (AvgIpc) is 1.97. The van der Waals surface area contributed by atoms with Crippen molar-refractivity contribution in [1.29, 1.82) is 0 Å². The third-order valence-corrected chi connectivity index (χ3v) is 1.73. The summed E-state index contributed by atoms with van der Waals surface area (Å²) in [6.45, 7) is -0.535. The van der Waals surface area contributed by atoms with Gasteiger partial charge >= 0.3 is 6.03 Å². The molecule has 0 unspecified atom stereocenters. The summed E-state index contributed by atoms with van der Waals surface area (Å²) < 4.78 is 12.9. The molecule has 0 aliphatic carbocycles. The fourth-order valence-electron chi connectivity index (χ4n) is 1.04. The second-order valence-corrected chi connectivity index (χ2v) is 2.72. The molecule has 0 bridgehead atoms. The first kappa shape index (κ1) is 8.26. The monoisotopic (exact) mass is 162 g/mol. The zero-order valence-electron chi connectivity index (χ0n) is 6.30. The third-order valence-electron chi connectivity index (χ3n) is 1.73. The van der Waals surface area contributed by atoms with Gasteiger partial charge in [0.15, 0.2) is 5.67 Å². The lowest BCUT2D eigenvalue weighted by Gasteiger charge is -2.42. The molecule has 1 aliphatic rings. The van der Waals surface area contributed by atoms with E-state index in [0.29, 0.717) is 0 Å². The average molecular weight is 162 g/mol. The number of likely N-dealkylation sites (tertiary alicyclic amines) is 1. The Morgan fingerprint density at radius 2 is 2.36 bits per heavy atom. The van der Waals surface area contributed by atoms with Crippen LogP contribution in [-0.4, -0.2) is 48.5 Å². The van der Waals surface area contributed by atoms with Gasteiger partial charge in [0, 0.05) is 7.05 Å². The summed E-state index contributed by atoms with van der Waals surface area (Å²) >= 11 is 0. The summed E-state index contributed by atoms with van der Waals surface area (Å²) in [5.74, 6) is 0. The van der Waals surface area contributed by atoms with Gasteiger partial charge < -0.3 is 15.3 Å². The van der Waals surface area contributed by atoms with Crippen molar-refractivity contribution in [3.05, 3.63) is 0 Å². The number of halogens is 1. The first-order valence-electron chi connectivity index (χ1n) is 3.38. The number of nitrogens with one attached hydrogen (secondary N) is 1. The molecule has 2 amide bonds. The molecule has 2 N–H and O–H groups in total. The minimum atomic E-state index is -1.56. The molecule has 4 nitrogen and oxygen atoms in total. The molecule has 5 heteroatoms. The highest BCUT2D eigenvalue weighted by Crippen LogP contribution is 2.24.